The van der Waals surface area contributed by atoms with E-state index >= 15 is 0 Å². The topological polar surface area (TPSA) is 99.1 Å². The fourth-order valence-corrected chi connectivity index (χ4v) is 6.17. The Balaban J connectivity index is 2.26. The lowest BCUT2D eigenvalue weighted by atomic mass is 9.44. The fourth-order valence-electron chi connectivity index (χ4n) is 6.17. The van der Waals surface area contributed by atoms with Crippen molar-refractivity contribution in [1.29, 1.82) is 0 Å². The number of nitrogens with zero attached hydrogens (tertiary/aromatic N) is 1. The standard InChI is InChI=1S/C24H38N2O5/c1-9-21(4)13-18(28)24(30)22(5)15(20(2,3)11-10-17(22)27)12-16(23(24,6)31-21)25-19(29)14-26(7)8/h9,12,16-17,27,30H,1,10-11,13-14H2,2-8H3,(H,25,29)/t16-,17-,21-,22+,23+,24-/m0/s1. The van der Waals surface area contributed by atoms with Crippen molar-refractivity contribution in [3.8, 4) is 0 Å². The number of rotatable bonds is 4. The Bertz CT molecular complexity index is 836. The highest BCUT2D eigenvalue weighted by Gasteiger charge is 2.76. The van der Waals surface area contributed by atoms with Crippen molar-refractivity contribution in [2.45, 2.75) is 82.8 Å². The number of hydrogen-bond acceptors (Lipinski definition) is 6. The van der Waals surface area contributed by atoms with Gasteiger partial charge in [-0.15, -0.1) is 6.58 Å². The van der Waals surface area contributed by atoms with Gasteiger partial charge >= 0.3 is 0 Å². The maximum atomic E-state index is 13.7. The third-order valence-electron chi connectivity index (χ3n) is 7.96. The number of Topliss-reactive ketones (excluding diaryl/α,β-unsaturated/α-hetero) is 1. The molecular weight excluding hydrogens is 396 g/mol. The summed E-state index contributed by atoms with van der Waals surface area (Å²) in [6, 6.07) is -0.763. The third-order valence-corrected chi connectivity index (χ3v) is 7.96. The molecule has 0 unspecified atom stereocenters. The van der Waals surface area contributed by atoms with Crippen LogP contribution >= 0.6 is 0 Å². The van der Waals surface area contributed by atoms with Crippen LogP contribution in [0.15, 0.2) is 24.3 Å². The molecule has 3 N–H and O–H groups in total. The summed E-state index contributed by atoms with van der Waals surface area (Å²) in [7, 11) is 3.59. The van der Waals surface area contributed by atoms with Crippen LogP contribution in [0.5, 0.6) is 0 Å². The zero-order valence-electron chi connectivity index (χ0n) is 19.9. The quantitative estimate of drug-likeness (QED) is 0.581. The number of carbonyl (C=O) groups is 2. The number of fused-ring (bicyclic) bond motifs is 3. The molecule has 1 heterocycles. The normalized spacial score (nSPS) is 44.2. The maximum absolute atomic E-state index is 13.7. The molecule has 1 aliphatic heterocycles. The minimum absolute atomic E-state index is 0.0586. The van der Waals surface area contributed by atoms with E-state index in [1.165, 1.54) is 0 Å². The van der Waals surface area contributed by atoms with Crippen LogP contribution in [-0.4, -0.2) is 76.4 Å². The van der Waals surface area contributed by atoms with E-state index in [-0.39, 0.29) is 24.3 Å². The molecule has 1 saturated heterocycles. The van der Waals surface area contributed by atoms with Crippen molar-refractivity contribution in [3.05, 3.63) is 24.3 Å². The predicted molar refractivity (Wildman–Crippen MR) is 118 cm³/mol. The molecule has 6 atom stereocenters. The Morgan fingerprint density at radius 3 is 2.48 bits per heavy atom. The van der Waals surface area contributed by atoms with Gasteiger partial charge in [-0.1, -0.05) is 31.6 Å². The summed E-state index contributed by atoms with van der Waals surface area (Å²) in [4.78, 5) is 28.2. The van der Waals surface area contributed by atoms with Crippen LogP contribution < -0.4 is 5.32 Å². The first-order chi connectivity index (χ1) is 14.1. The van der Waals surface area contributed by atoms with Gasteiger partial charge in [-0.25, -0.2) is 0 Å². The summed E-state index contributed by atoms with van der Waals surface area (Å²) >= 11 is 0. The number of amides is 1. The second-order valence-electron chi connectivity index (χ2n) is 11.0. The van der Waals surface area contributed by atoms with Gasteiger partial charge in [0.25, 0.3) is 0 Å². The van der Waals surface area contributed by atoms with Crippen LogP contribution in [0.4, 0.5) is 0 Å². The first-order valence-electron chi connectivity index (χ1n) is 11.0. The summed E-state index contributed by atoms with van der Waals surface area (Å²) in [5.41, 5.74) is -5.35. The van der Waals surface area contributed by atoms with Gasteiger partial charge in [-0.05, 0) is 53.1 Å². The lowest BCUT2D eigenvalue weighted by Crippen LogP contribution is -2.82. The van der Waals surface area contributed by atoms with Gasteiger partial charge < -0.3 is 25.2 Å². The number of nitrogens with one attached hydrogen (secondary N) is 1. The van der Waals surface area contributed by atoms with Crippen molar-refractivity contribution < 1.29 is 24.5 Å². The largest absolute Gasteiger partial charge is 0.392 e. The highest BCUT2D eigenvalue weighted by molar-refractivity contribution is 5.93. The van der Waals surface area contributed by atoms with Gasteiger partial charge in [-0.2, -0.15) is 0 Å². The number of carbonyl (C=O) groups excluding carboxylic acids is 2. The molecule has 2 fully saturated rings. The summed E-state index contributed by atoms with van der Waals surface area (Å²) in [6.07, 6.45) is 3.67. The van der Waals surface area contributed by atoms with Crippen molar-refractivity contribution in [3.63, 3.8) is 0 Å². The molecule has 2 aliphatic carbocycles. The maximum Gasteiger partial charge on any atom is 0.234 e. The Morgan fingerprint density at radius 2 is 1.94 bits per heavy atom. The van der Waals surface area contributed by atoms with Gasteiger partial charge in [-0.3, -0.25) is 9.59 Å². The van der Waals surface area contributed by atoms with E-state index in [1.54, 1.807) is 45.8 Å². The van der Waals surface area contributed by atoms with Gasteiger partial charge in [0.05, 0.1) is 29.7 Å². The molecule has 0 aromatic rings. The second-order valence-corrected chi connectivity index (χ2v) is 11.0. The molecule has 0 radical (unpaired) electrons. The molecule has 0 spiro atoms. The third kappa shape index (κ3) is 3.24. The summed E-state index contributed by atoms with van der Waals surface area (Å²) in [6.45, 7) is 13.3. The minimum atomic E-state index is -2.03. The number of ether oxygens (including phenoxy) is 1. The van der Waals surface area contributed by atoms with Crippen LogP contribution in [0.1, 0.15) is 53.9 Å². The molecule has 3 aliphatic rings. The van der Waals surface area contributed by atoms with E-state index < -0.39 is 40.1 Å². The number of hydrogen-bond donors (Lipinski definition) is 3. The van der Waals surface area contributed by atoms with E-state index in [4.69, 9.17) is 4.74 Å². The van der Waals surface area contributed by atoms with E-state index in [9.17, 15) is 19.8 Å². The average Bonchev–Trinajstić information content (AvgIpc) is 2.63. The molecule has 0 aromatic heterocycles. The number of likely N-dealkylation sites (N-methyl/N-ethyl adjacent to an activating group) is 1. The smallest absolute Gasteiger partial charge is 0.234 e. The highest BCUT2D eigenvalue weighted by atomic mass is 16.5. The molecule has 3 rings (SSSR count). The molecular formula is C24H38N2O5. The average molecular weight is 435 g/mol. The molecule has 7 nitrogen and oxygen atoms in total. The van der Waals surface area contributed by atoms with Crippen LogP contribution in [0.25, 0.3) is 0 Å². The minimum Gasteiger partial charge on any atom is -0.392 e. The van der Waals surface area contributed by atoms with Crippen LogP contribution in [0, 0.1) is 10.8 Å². The molecule has 174 valence electrons. The van der Waals surface area contributed by atoms with Crippen LogP contribution in [0.2, 0.25) is 0 Å². The summed E-state index contributed by atoms with van der Waals surface area (Å²) in [5.74, 6) is -0.643. The summed E-state index contributed by atoms with van der Waals surface area (Å²) < 4.78 is 6.46. The van der Waals surface area contributed by atoms with Crippen molar-refractivity contribution >= 4 is 11.7 Å². The SMILES string of the molecule is C=C[C@@]1(C)CC(=O)[C@@]2(O)[C@](C)(O1)[C@@H](NC(=O)CN(C)C)C=C1C(C)(C)CC[C@H](O)[C@@]12C. The van der Waals surface area contributed by atoms with E-state index in [0.29, 0.717) is 12.8 Å². The van der Waals surface area contributed by atoms with E-state index in [0.717, 1.165) is 5.57 Å². The zero-order chi connectivity index (χ0) is 23.6. The predicted octanol–water partition coefficient (Wildman–Crippen LogP) is 1.58. The molecule has 31 heavy (non-hydrogen) atoms. The Labute approximate surface area is 185 Å². The highest BCUT2D eigenvalue weighted by Crippen LogP contribution is 2.64. The van der Waals surface area contributed by atoms with Crippen molar-refractivity contribution in [1.82, 2.24) is 10.2 Å². The number of aliphatic hydroxyl groups is 2. The second kappa shape index (κ2) is 7.24. The first kappa shape index (κ1) is 24.1. The fraction of sp³-hybridized carbons (Fsp3) is 0.750. The number of aliphatic hydroxyl groups excluding tert-OH is 1. The van der Waals surface area contributed by atoms with Gasteiger partial charge in [0.2, 0.25) is 5.91 Å². The first-order valence-corrected chi connectivity index (χ1v) is 11.0. The van der Waals surface area contributed by atoms with E-state index in [1.807, 2.05) is 6.08 Å². The van der Waals surface area contributed by atoms with Crippen molar-refractivity contribution in [2.75, 3.05) is 20.6 Å². The lowest BCUT2D eigenvalue weighted by Gasteiger charge is -2.67. The van der Waals surface area contributed by atoms with E-state index in [2.05, 4.69) is 25.7 Å². The molecule has 0 bridgehead atoms. The summed E-state index contributed by atoms with van der Waals surface area (Å²) in [5, 5.41) is 26.5. The van der Waals surface area contributed by atoms with Crippen LogP contribution in [-0.2, 0) is 14.3 Å². The molecule has 1 saturated carbocycles. The van der Waals surface area contributed by atoms with Gasteiger partial charge in [0, 0.05) is 6.42 Å². The zero-order valence-corrected chi connectivity index (χ0v) is 19.9. The molecule has 1 amide bonds. The van der Waals surface area contributed by atoms with Gasteiger partial charge in [0.15, 0.2) is 11.4 Å². The monoisotopic (exact) mass is 434 g/mol. The molecule has 7 heteroatoms. The van der Waals surface area contributed by atoms with Gasteiger partial charge in [0.1, 0.15) is 5.60 Å². The number of ketones is 1. The Kier molecular flexibility index (Phi) is 5.63. The Hall–Kier alpha value is -1.54. The Morgan fingerprint density at radius 1 is 1.32 bits per heavy atom. The van der Waals surface area contributed by atoms with Crippen LogP contribution in [0.3, 0.4) is 0 Å². The molecule has 0 aromatic carbocycles. The van der Waals surface area contributed by atoms with Crippen molar-refractivity contribution in [2.24, 2.45) is 10.8 Å². The lowest BCUT2D eigenvalue weighted by molar-refractivity contribution is -0.288.